The van der Waals surface area contributed by atoms with Crippen molar-refractivity contribution in [2.75, 3.05) is 40.9 Å². The zero-order valence-corrected chi connectivity index (χ0v) is 58.4. The van der Waals surface area contributed by atoms with Crippen LogP contribution in [-0.4, -0.2) is 69.4 Å². The van der Waals surface area contributed by atoms with Crippen LogP contribution in [0, 0.1) is 0 Å². The molecule has 502 valence electrons. The van der Waals surface area contributed by atoms with E-state index in [-0.39, 0.29) is 24.9 Å². The number of allylic oxidation sites excluding steroid dienone is 11. The van der Waals surface area contributed by atoms with E-state index in [1.807, 2.05) is 33.3 Å². The molecule has 3 unspecified atom stereocenters. The molecule has 0 aromatic heterocycles. The van der Waals surface area contributed by atoms with Crippen molar-refractivity contribution in [3.05, 3.63) is 72.9 Å². The highest BCUT2D eigenvalue weighted by Crippen LogP contribution is 2.38. The fraction of sp³-hybridized carbons (Fsp3) is 0.816. The Balaban J connectivity index is 5.00. The first-order chi connectivity index (χ1) is 41.9. The van der Waals surface area contributed by atoms with Crippen LogP contribution in [0.15, 0.2) is 72.9 Å². The summed E-state index contributed by atoms with van der Waals surface area (Å²) in [5.41, 5.74) is 0. The summed E-state index contributed by atoms with van der Waals surface area (Å²) < 4.78 is 30.5. The zero-order valence-electron chi connectivity index (χ0n) is 57.5. The maximum atomic E-state index is 13.6. The molecule has 86 heavy (non-hydrogen) atoms. The second kappa shape index (κ2) is 65.4. The van der Waals surface area contributed by atoms with Crippen molar-refractivity contribution in [1.29, 1.82) is 0 Å². The van der Waals surface area contributed by atoms with Crippen LogP contribution in [0.25, 0.3) is 0 Å². The van der Waals surface area contributed by atoms with Crippen LogP contribution in [0.5, 0.6) is 0 Å². The number of hydrogen-bond donors (Lipinski definition) is 1. The largest absolute Gasteiger partial charge is 0.756 e. The molecule has 0 aliphatic carbocycles. The van der Waals surface area contributed by atoms with Crippen LogP contribution in [0.3, 0.4) is 0 Å². The topological polar surface area (TPSA) is 114 Å². The first-order valence-corrected chi connectivity index (χ1v) is 38.2. The van der Waals surface area contributed by atoms with E-state index in [4.69, 9.17) is 13.8 Å². The fourth-order valence-electron chi connectivity index (χ4n) is 10.7. The van der Waals surface area contributed by atoms with Crippen molar-refractivity contribution in [2.24, 2.45) is 0 Å². The summed E-state index contributed by atoms with van der Waals surface area (Å²) in [5, 5.41) is 3.04. The molecule has 0 saturated carbocycles. The van der Waals surface area contributed by atoms with E-state index in [9.17, 15) is 19.0 Å². The molecule has 0 aliphatic heterocycles. The molecular formula is C76H141N2O7P. The maximum absolute atomic E-state index is 13.6. The monoisotopic (exact) mass is 1230 g/mol. The highest BCUT2D eigenvalue weighted by atomic mass is 31.2. The molecule has 0 aromatic carbocycles. The van der Waals surface area contributed by atoms with Gasteiger partial charge in [0, 0.05) is 12.8 Å². The molecule has 3 atom stereocenters. The minimum Gasteiger partial charge on any atom is -0.756 e. The standard InChI is InChI=1S/C76H141N2O7P/c1-7-10-13-16-19-22-25-28-30-32-34-36-37-38-39-40-41-43-45-47-49-51-54-57-60-63-66-69-76(80)85-74(67-64-61-58-55-52-27-24-21-18-15-12-9-3)73(72-84-86(81,82)83-71-70-78(4,5)6)77-75(79)68-65-62-59-56-53-50-48-46-44-42-35-33-31-29-26-23-20-17-14-11-8-2/h19-20,22-23,28-31,35,42,64,67,73-74H,7-18,21,24-27,32-34,36-41,43-63,65-66,68-72H2,1-6H3,(H-,77,79,81,82)/b22-19-,23-20-,30-28-,31-29-,42-35-,67-64-. The van der Waals surface area contributed by atoms with Gasteiger partial charge in [-0.2, -0.15) is 0 Å². The number of phosphoric ester groups is 1. The molecule has 0 aromatic rings. The van der Waals surface area contributed by atoms with Gasteiger partial charge in [0.1, 0.15) is 19.3 Å². The predicted molar refractivity (Wildman–Crippen MR) is 372 cm³/mol. The van der Waals surface area contributed by atoms with Gasteiger partial charge in [0.25, 0.3) is 7.82 Å². The van der Waals surface area contributed by atoms with Crippen molar-refractivity contribution < 1.29 is 37.3 Å². The van der Waals surface area contributed by atoms with Gasteiger partial charge in [-0.3, -0.25) is 14.2 Å². The van der Waals surface area contributed by atoms with E-state index in [1.54, 1.807) is 0 Å². The smallest absolute Gasteiger partial charge is 0.306 e. The first kappa shape index (κ1) is 83.5. The van der Waals surface area contributed by atoms with Gasteiger partial charge in [0.05, 0.1) is 33.8 Å². The number of carbonyl (C=O) groups is 2. The summed E-state index contributed by atoms with van der Waals surface area (Å²) in [6.07, 6.45) is 86.0. The van der Waals surface area contributed by atoms with Crippen LogP contribution in [0.1, 0.15) is 348 Å². The van der Waals surface area contributed by atoms with Crippen molar-refractivity contribution in [2.45, 2.75) is 360 Å². The molecule has 10 heteroatoms. The number of nitrogens with one attached hydrogen (secondary N) is 1. The zero-order chi connectivity index (χ0) is 62.8. The minimum atomic E-state index is -4.71. The predicted octanol–water partition coefficient (Wildman–Crippen LogP) is 22.9. The molecule has 0 saturated heterocycles. The molecule has 0 heterocycles. The Hall–Kier alpha value is -2.55. The van der Waals surface area contributed by atoms with E-state index in [2.05, 4.69) is 86.8 Å². The van der Waals surface area contributed by atoms with Crippen molar-refractivity contribution in [3.63, 3.8) is 0 Å². The lowest BCUT2D eigenvalue weighted by Gasteiger charge is -2.30. The van der Waals surface area contributed by atoms with E-state index >= 15 is 0 Å². The lowest BCUT2D eigenvalue weighted by Crippen LogP contribution is -2.47. The lowest BCUT2D eigenvalue weighted by atomic mass is 10.0. The number of unbranched alkanes of at least 4 members (excludes halogenated alkanes) is 41. The third-order valence-corrected chi connectivity index (χ3v) is 17.3. The highest BCUT2D eigenvalue weighted by molar-refractivity contribution is 7.45. The number of carbonyl (C=O) groups excluding carboxylic acids is 2. The fourth-order valence-corrected chi connectivity index (χ4v) is 11.4. The average Bonchev–Trinajstić information content (AvgIpc) is 3.66. The molecule has 9 nitrogen and oxygen atoms in total. The normalized spacial score (nSPS) is 13.9. The third kappa shape index (κ3) is 65.9. The van der Waals surface area contributed by atoms with Gasteiger partial charge in [0.2, 0.25) is 5.91 Å². The molecular weight excluding hydrogens is 1080 g/mol. The average molecular weight is 1230 g/mol. The number of esters is 1. The summed E-state index contributed by atoms with van der Waals surface area (Å²) in [4.78, 5) is 40.2. The molecule has 0 bridgehead atoms. The number of ether oxygens (including phenoxy) is 1. The van der Waals surface area contributed by atoms with E-state index in [0.717, 1.165) is 89.9 Å². The summed E-state index contributed by atoms with van der Waals surface area (Å²) in [6.45, 7) is 6.82. The van der Waals surface area contributed by atoms with Gasteiger partial charge in [-0.15, -0.1) is 0 Å². The molecule has 1 N–H and O–H groups in total. The minimum absolute atomic E-state index is 0.0245. The third-order valence-electron chi connectivity index (χ3n) is 16.4. The molecule has 0 aliphatic rings. The van der Waals surface area contributed by atoms with Gasteiger partial charge >= 0.3 is 5.97 Å². The van der Waals surface area contributed by atoms with E-state index < -0.39 is 26.6 Å². The quantitative estimate of drug-likeness (QED) is 0.0212. The number of rotatable bonds is 67. The number of nitrogens with zero attached hydrogens (tertiary/aromatic N) is 1. The Labute approximate surface area is 533 Å². The summed E-state index contributed by atoms with van der Waals surface area (Å²) in [7, 11) is 1.19. The van der Waals surface area contributed by atoms with Crippen LogP contribution in [-0.2, 0) is 27.9 Å². The summed E-state index contributed by atoms with van der Waals surface area (Å²) >= 11 is 0. The van der Waals surface area contributed by atoms with Crippen LogP contribution in [0.4, 0.5) is 0 Å². The number of quaternary nitrogens is 1. The molecule has 0 rings (SSSR count). The number of likely N-dealkylation sites (N-methyl/N-ethyl adjacent to an activating group) is 1. The van der Waals surface area contributed by atoms with Crippen molar-refractivity contribution >= 4 is 19.7 Å². The van der Waals surface area contributed by atoms with E-state index in [0.29, 0.717) is 17.4 Å². The number of hydrogen-bond acceptors (Lipinski definition) is 7. The summed E-state index contributed by atoms with van der Waals surface area (Å²) in [5.74, 6) is -0.538. The molecule has 0 radical (unpaired) electrons. The number of amides is 1. The molecule has 0 fully saturated rings. The Morgan fingerprint density at radius 3 is 1.08 bits per heavy atom. The van der Waals surface area contributed by atoms with Crippen molar-refractivity contribution in [1.82, 2.24) is 5.32 Å². The second-order valence-electron chi connectivity index (χ2n) is 26.1. The Morgan fingerprint density at radius 2 is 0.709 bits per heavy atom. The Bertz CT molecular complexity index is 1700. The maximum Gasteiger partial charge on any atom is 0.306 e. The van der Waals surface area contributed by atoms with Gasteiger partial charge < -0.3 is 28.5 Å². The highest BCUT2D eigenvalue weighted by Gasteiger charge is 2.27. The van der Waals surface area contributed by atoms with Gasteiger partial charge in [-0.05, 0) is 102 Å². The second-order valence-corrected chi connectivity index (χ2v) is 27.5. The Morgan fingerprint density at radius 1 is 0.407 bits per heavy atom. The van der Waals surface area contributed by atoms with Crippen LogP contribution < -0.4 is 10.2 Å². The molecule has 0 spiro atoms. The summed E-state index contributed by atoms with van der Waals surface area (Å²) in [6, 6.07) is -0.895. The van der Waals surface area contributed by atoms with Crippen molar-refractivity contribution in [3.8, 4) is 0 Å². The van der Waals surface area contributed by atoms with Crippen LogP contribution in [0.2, 0.25) is 0 Å². The first-order valence-electron chi connectivity index (χ1n) is 36.7. The van der Waals surface area contributed by atoms with Crippen LogP contribution >= 0.6 is 7.82 Å². The Kier molecular flexibility index (Phi) is 63.5. The lowest BCUT2D eigenvalue weighted by molar-refractivity contribution is -0.870. The van der Waals surface area contributed by atoms with E-state index in [1.165, 1.54) is 225 Å². The van der Waals surface area contributed by atoms with Gasteiger partial charge in [-0.1, -0.05) is 306 Å². The SMILES string of the molecule is CCCCC/C=C\C/C=C\C/C=C\CCCCCCCCCCC(=O)NC(COP(=O)([O-])OCC[N+](C)(C)C)C(/C=C\CCCCCCCCCCCC)OC(=O)CCCCCCCCCCCCCCCCCCC/C=C\C/C=C\CCCCC. The van der Waals surface area contributed by atoms with Gasteiger partial charge in [-0.25, -0.2) is 0 Å². The molecule has 1 amide bonds. The van der Waals surface area contributed by atoms with Gasteiger partial charge in [0.15, 0.2) is 0 Å². The number of phosphoric acid groups is 1.